The second-order valence-electron chi connectivity index (χ2n) is 5.68. The Morgan fingerprint density at radius 3 is 2.00 bits per heavy atom. The summed E-state index contributed by atoms with van der Waals surface area (Å²) in [5, 5.41) is 12.3. The van der Waals surface area contributed by atoms with Crippen LogP contribution >= 0.6 is 0 Å². The van der Waals surface area contributed by atoms with Crippen molar-refractivity contribution in [3.63, 3.8) is 0 Å². The molecule has 2 saturated carbocycles. The van der Waals surface area contributed by atoms with E-state index in [2.05, 4.69) is 5.32 Å². The monoisotopic (exact) mass is 253 g/mol. The van der Waals surface area contributed by atoms with Crippen molar-refractivity contribution in [2.75, 3.05) is 0 Å². The van der Waals surface area contributed by atoms with Gasteiger partial charge in [-0.3, -0.25) is 9.59 Å². The molecule has 2 aliphatic carbocycles. The molecule has 18 heavy (non-hydrogen) atoms. The molecule has 0 saturated heterocycles. The number of hydrogen-bond acceptors (Lipinski definition) is 2. The Kier molecular flexibility index (Phi) is 4.61. The van der Waals surface area contributed by atoms with Gasteiger partial charge in [0.05, 0.1) is 11.8 Å². The molecular weight excluding hydrogens is 230 g/mol. The van der Waals surface area contributed by atoms with Gasteiger partial charge in [-0.15, -0.1) is 0 Å². The predicted octanol–water partition coefficient (Wildman–Crippen LogP) is 2.33. The highest BCUT2D eigenvalue weighted by atomic mass is 16.4. The quantitative estimate of drug-likeness (QED) is 0.811. The van der Waals surface area contributed by atoms with Crippen LogP contribution in [-0.4, -0.2) is 23.0 Å². The third-order valence-electron chi connectivity index (χ3n) is 4.37. The number of carboxylic acid groups (broad SMARTS) is 1. The summed E-state index contributed by atoms with van der Waals surface area (Å²) in [6, 6.07) is 0.280. The van der Waals surface area contributed by atoms with Gasteiger partial charge in [-0.2, -0.15) is 0 Å². The number of amides is 1. The van der Waals surface area contributed by atoms with Gasteiger partial charge < -0.3 is 10.4 Å². The van der Waals surface area contributed by atoms with E-state index in [0.29, 0.717) is 6.42 Å². The number of carboxylic acids is 1. The normalized spacial score (nSPS) is 29.8. The first-order chi connectivity index (χ1) is 8.68. The molecule has 102 valence electrons. The molecule has 1 amide bonds. The van der Waals surface area contributed by atoms with E-state index in [-0.39, 0.29) is 17.9 Å². The molecule has 4 heteroatoms. The summed E-state index contributed by atoms with van der Waals surface area (Å²) in [4.78, 5) is 23.4. The number of carbonyl (C=O) groups is 2. The van der Waals surface area contributed by atoms with E-state index in [1.54, 1.807) is 0 Å². The first-order valence-electron chi connectivity index (χ1n) is 7.21. The van der Waals surface area contributed by atoms with Crippen LogP contribution in [0.4, 0.5) is 0 Å². The van der Waals surface area contributed by atoms with Gasteiger partial charge in [0.2, 0.25) is 5.91 Å². The van der Waals surface area contributed by atoms with E-state index in [1.807, 2.05) is 0 Å². The number of aliphatic carboxylic acids is 1. The van der Waals surface area contributed by atoms with Crippen LogP contribution in [0.25, 0.3) is 0 Å². The van der Waals surface area contributed by atoms with Crippen molar-refractivity contribution in [2.45, 2.75) is 63.8 Å². The molecule has 2 N–H and O–H groups in total. The van der Waals surface area contributed by atoms with E-state index in [9.17, 15) is 14.7 Å². The fourth-order valence-corrected chi connectivity index (χ4v) is 3.30. The SMILES string of the molecule is O=C(O)[C@H]1CCCC[C@H]1C(=O)NC1CCCCC1. The largest absolute Gasteiger partial charge is 0.481 e. The van der Waals surface area contributed by atoms with Crippen molar-refractivity contribution in [3.05, 3.63) is 0 Å². The summed E-state index contributed by atoms with van der Waals surface area (Å²) in [6.45, 7) is 0. The maximum atomic E-state index is 12.2. The molecule has 2 atom stereocenters. The molecule has 0 bridgehead atoms. The third kappa shape index (κ3) is 3.24. The molecule has 0 unspecified atom stereocenters. The molecule has 2 aliphatic rings. The molecule has 2 rings (SSSR count). The van der Waals surface area contributed by atoms with E-state index >= 15 is 0 Å². The summed E-state index contributed by atoms with van der Waals surface area (Å²) in [6.07, 6.45) is 9.01. The van der Waals surface area contributed by atoms with Crippen LogP contribution in [-0.2, 0) is 9.59 Å². The van der Waals surface area contributed by atoms with Gasteiger partial charge in [0, 0.05) is 6.04 Å². The van der Waals surface area contributed by atoms with Crippen LogP contribution in [0.5, 0.6) is 0 Å². The van der Waals surface area contributed by atoms with E-state index < -0.39 is 11.9 Å². The van der Waals surface area contributed by atoms with Gasteiger partial charge in [0.15, 0.2) is 0 Å². The van der Waals surface area contributed by atoms with Crippen LogP contribution in [0.15, 0.2) is 0 Å². The summed E-state index contributed by atoms with van der Waals surface area (Å²) in [5.74, 6) is -1.60. The number of rotatable bonds is 3. The summed E-state index contributed by atoms with van der Waals surface area (Å²) >= 11 is 0. The molecule has 4 nitrogen and oxygen atoms in total. The Morgan fingerprint density at radius 2 is 1.39 bits per heavy atom. The molecule has 0 heterocycles. The lowest BCUT2D eigenvalue weighted by Gasteiger charge is -2.30. The molecule has 0 aromatic heterocycles. The molecule has 0 aromatic rings. The fraction of sp³-hybridized carbons (Fsp3) is 0.857. The summed E-state index contributed by atoms with van der Waals surface area (Å²) in [5.41, 5.74) is 0. The van der Waals surface area contributed by atoms with Crippen LogP contribution in [0.1, 0.15) is 57.8 Å². The van der Waals surface area contributed by atoms with Crippen molar-refractivity contribution in [3.8, 4) is 0 Å². The van der Waals surface area contributed by atoms with Gasteiger partial charge in [0.25, 0.3) is 0 Å². The lowest BCUT2D eigenvalue weighted by atomic mass is 9.78. The number of nitrogens with one attached hydrogen (secondary N) is 1. The van der Waals surface area contributed by atoms with Crippen LogP contribution in [0.2, 0.25) is 0 Å². The second kappa shape index (κ2) is 6.21. The van der Waals surface area contributed by atoms with Crippen molar-refractivity contribution < 1.29 is 14.7 Å². The zero-order valence-electron chi connectivity index (χ0n) is 10.9. The van der Waals surface area contributed by atoms with Gasteiger partial charge in [-0.25, -0.2) is 0 Å². The van der Waals surface area contributed by atoms with Crippen molar-refractivity contribution in [2.24, 2.45) is 11.8 Å². The zero-order chi connectivity index (χ0) is 13.0. The number of carbonyl (C=O) groups excluding carboxylic acids is 1. The smallest absolute Gasteiger partial charge is 0.307 e. The lowest BCUT2D eigenvalue weighted by molar-refractivity contribution is -0.149. The predicted molar refractivity (Wildman–Crippen MR) is 68.1 cm³/mol. The molecule has 2 fully saturated rings. The standard InChI is InChI=1S/C14H23NO3/c16-13(15-10-6-2-1-3-7-10)11-8-4-5-9-12(11)14(17)18/h10-12H,1-9H2,(H,15,16)(H,17,18)/t11-,12+/m1/s1. The van der Waals surface area contributed by atoms with Crippen LogP contribution in [0, 0.1) is 11.8 Å². The third-order valence-corrected chi connectivity index (χ3v) is 4.37. The average Bonchev–Trinajstić information content (AvgIpc) is 2.40. The van der Waals surface area contributed by atoms with Crippen LogP contribution < -0.4 is 5.32 Å². The highest BCUT2D eigenvalue weighted by molar-refractivity contribution is 5.85. The molecule has 0 radical (unpaired) electrons. The Labute approximate surface area is 108 Å². The second-order valence-corrected chi connectivity index (χ2v) is 5.68. The maximum Gasteiger partial charge on any atom is 0.307 e. The van der Waals surface area contributed by atoms with E-state index in [4.69, 9.17) is 0 Å². The van der Waals surface area contributed by atoms with Crippen molar-refractivity contribution in [1.82, 2.24) is 5.32 Å². The molecular formula is C14H23NO3. The molecule has 0 spiro atoms. The highest BCUT2D eigenvalue weighted by Gasteiger charge is 2.36. The van der Waals surface area contributed by atoms with Crippen LogP contribution in [0.3, 0.4) is 0 Å². The molecule has 0 aromatic carbocycles. The first kappa shape index (κ1) is 13.4. The van der Waals surface area contributed by atoms with Crippen molar-refractivity contribution in [1.29, 1.82) is 0 Å². The van der Waals surface area contributed by atoms with Gasteiger partial charge in [-0.1, -0.05) is 32.1 Å². The van der Waals surface area contributed by atoms with E-state index in [0.717, 1.165) is 32.1 Å². The minimum atomic E-state index is -0.807. The first-order valence-corrected chi connectivity index (χ1v) is 7.21. The van der Waals surface area contributed by atoms with Gasteiger partial charge in [-0.05, 0) is 25.7 Å². The lowest BCUT2D eigenvalue weighted by Crippen LogP contribution is -2.44. The maximum absolute atomic E-state index is 12.2. The Balaban J connectivity index is 1.91. The van der Waals surface area contributed by atoms with Gasteiger partial charge in [0.1, 0.15) is 0 Å². The van der Waals surface area contributed by atoms with Gasteiger partial charge >= 0.3 is 5.97 Å². The average molecular weight is 253 g/mol. The number of hydrogen-bond donors (Lipinski definition) is 2. The Morgan fingerprint density at radius 1 is 0.833 bits per heavy atom. The Bertz CT molecular complexity index is 310. The summed E-state index contributed by atoms with van der Waals surface area (Å²) < 4.78 is 0. The van der Waals surface area contributed by atoms with E-state index in [1.165, 1.54) is 19.3 Å². The Hall–Kier alpha value is -1.06. The topological polar surface area (TPSA) is 66.4 Å². The minimum Gasteiger partial charge on any atom is -0.481 e. The zero-order valence-corrected chi connectivity index (χ0v) is 10.9. The molecule has 0 aliphatic heterocycles. The highest BCUT2D eigenvalue weighted by Crippen LogP contribution is 2.31. The summed E-state index contributed by atoms with van der Waals surface area (Å²) in [7, 11) is 0. The van der Waals surface area contributed by atoms with Crippen molar-refractivity contribution >= 4 is 11.9 Å². The minimum absolute atomic E-state index is 0.0194. The fourth-order valence-electron chi connectivity index (χ4n) is 3.30.